The van der Waals surface area contributed by atoms with Gasteiger partial charge in [-0.25, -0.2) is 4.39 Å². The summed E-state index contributed by atoms with van der Waals surface area (Å²) in [6, 6.07) is 7.34. The summed E-state index contributed by atoms with van der Waals surface area (Å²) in [5, 5.41) is 15.4. The van der Waals surface area contributed by atoms with Crippen LogP contribution in [0.3, 0.4) is 0 Å². The molecule has 0 fully saturated rings. The first kappa shape index (κ1) is 15.7. The van der Waals surface area contributed by atoms with Crippen molar-refractivity contribution in [1.29, 1.82) is 0 Å². The first-order valence-corrected chi connectivity index (χ1v) is 6.83. The number of hydrogen-bond acceptors (Lipinski definition) is 3. The summed E-state index contributed by atoms with van der Waals surface area (Å²) >= 11 is 0. The SMILES string of the molecule is CCN(CCC(=O)O)C(=O)c1cc(-c2ccc(F)cc2)n[nH]1. The van der Waals surface area contributed by atoms with Crippen molar-refractivity contribution in [1.82, 2.24) is 15.1 Å². The van der Waals surface area contributed by atoms with Crippen LogP contribution in [-0.4, -0.2) is 45.2 Å². The van der Waals surface area contributed by atoms with Gasteiger partial charge in [0, 0.05) is 18.7 Å². The number of rotatable bonds is 6. The number of aromatic amines is 1. The molecule has 0 bridgehead atoms. The second-order valence-electron chi connectivity index (χ2n) is 4.70. The van der Waals surface area contributed by atoms with Gasteiger partial charge in [-0.2, -0.15) is 5.10 Å². The monoisotopic (exact) mass is 305 g/mol. The Morgan fingerprint density at radius 3 is 2.59 bits per heavy atom. The van der Waals surface area contributed by atoms with Gasteiger partial charge >= 0.3 is 5.97 Å². The van der Waals surface area contributed by atoms with Gasteiger partial charge in [0.1, 0.15) is 11.5 Å². The third-order valence-electron chi connectivity index (χ3n) is 3.21. The average molecular weight is 305 g/mol. The van der Waals surface area contributed by atoms with Crippen LogP contribution in [0.2, 0.25) is 0 Å². The molecule has 116 valence electrons. The van der Waals surface area contributed by atoms with Gasteiger partial charge in [-0.3, -0.25) is 14.7 Å². The lowest BCUT2D eigenvalue weighted by atomic mass is 10.1. The molecule has 2 N–H and O–H groups in total. The molecular weight excluding hydrogens is 289 g/mol. The van der Waals surface area contributed by atoms with E-state index in [-0.39, 0.29) is 30.4 Å². The topological polar surface area (TPSA) is 86.3 Å². The zero-order valence-electron chi connectivity index (χ0n) is 12.0. The maximum absolute atomic E-state index is 12.9. The van der Waals surface area contributed by atoms with Crippen LogP contribution < -0.4 is 0 Å². The molecule has 0 aliphatic carbocycles. The van der Waals surface area contributed by atoms with E-state index >= 15 is 0 Å². The van der Waals surface area contributed by atoms with Gasteiger partial charge in [0.25, 0.3) is 5.91 Å². The number of carboxylic acids is 1. The van der Waals surface area contributed by atoms with E-state index in [4.69, 9.17) is 5.11 Å². The van der Waals surface area contributed by atoms with Gasteiger partial charge in [0.2, 0.25) is 0 Å². The van der Waals surface area contributed by atoms with E-state index < -0.39 is 5.97 Å². The molecule has 7 heteroatoms. The number of halogens is 1. The van der Waals surface area contributed by atoms with Crippen LogP contribution in [0.25, 0.3) is 11.3 Å². The first-order valence-electron chi connectivity index (χ1n) is 6.83. The number of nitrogens with one attached hydrogen (secondary N) is 1. The maximum atomic E-state index is 12.9. The lowest BCUT2D eigenvalue weighted by Gasteiger charge is -2.18. The van der Waals surface area contributed by atoms with Gasteiger partial charge in [0.05, 0.1) is 12.1 Å². The quantitative estimate of drug-likeness (QED) is 0.856. The highest BCUT2D eigenvalue weighted by Crippen LogP contribution is 2.18. The van der Waals surface area contributed by atoms with Crippen molar-refractivity contribution in [2.24, 2.45) is 0 Å². The lowest BCUT2D eigenvalue weighted by molar-refractivity contribution is -0.137. The molecule has 0 aliphatic heterocycles. The molecule has 22 heavy (non-hydrogen) atoms. The average Bonchev–Trinajstić information content (AvgIpc) is 2.98. The van der Waals surface area contributed by atoms with Crippen LogP contribution in [0, 0.1) is 5.82 Å². The third kappa shape index (κ3) is 3.69. The molecule has 1 amide bonds. The van der Waals surface area contributed by atoms with Crippen molar-refractivity contribution in [3.8, 4) is 11.3 Å². The second kappa shape index (κ2) is 6.84. The van der Waals surface area contributed by atoms with E-state index in [0.717, 1.165) is 0 Å². The molecule has 0 radical (unpaired) electrons. The Kier molecular flexibility index (Phi) is 4.88. The number of carbonyl (C=O) groups is 2. The fourth-order valence-electron chi connectivity index (χ4n) is 2.00. The van der Waals surface area contributed by atoms with Crippen molar-refractivity contribution in [3.63, 3.8) is 0 Å². The van der Waals surface area contributed by atoms with E-state index in [9.17, 15) is 14.0 Å². The predicted octanol–water partition coefficient (Wildman–Crippen LogP) is 2.15. The Morgan fingerprint density at radius 2 is 2.00 bits per heavy atom. The summed E-state index contributed by atoms with van der Waals surface area (Å²) in [6.45, 7) is 2.31. The standard InChI is InChI=1S/C15H16FN3O3/c1-2-19(8-7-14(20)21)15(22)13-9-12(17-18-13)10-3-5-11(16)6-4-10/h3-6,9H,2,7-8H2,1H3,(H,17,18)(H,20,21). The Balaban J connectivity index is 2.14. The lowest BCUT2D eigenvalue weighted by Crippen LogP contribution is -2.33. The molecular formula is C15H16FN3O3. The summed E-state index contributed by atoms with van der Waals surface area (Å²) in [7, 11) is 0. The summed E-state index contributed by atoms with van der Waals surface area (Å²) in [5.74, 6) is -1.62. The molecule has 0 spiro atoms. The molecule has 1 aromatic heterocycles. The first-order chi connectivity index (χ1) is 10.5. The van der Waals surface area contributed by atoms with Gasteiger partial charge in [-0.15, -0.1) is 0 Å². The summed E-state index contributed by atoms with van der Waals surface area (Å²) in [6.07, 6.45) is -0.113. The van der Waals surface area contributed by atoms with Crippen LogP contribution in [0.1, 0.15) is 23.8 Å². The predicted molar refractivity (Wildman–Crippen MR) is 77.8 cm³/mol. The van der Waals surface area contributed by atoms with Gasteiger partial charge in [-0.1, -0.05) is 0 Å². The molecule has 0 saturated heterocycles. The normalized spacial score (nSPS) is 10.5. The number of carboxylic acid groups (broad SMARTS) is 1. The molecule has 0 aliphatic rings. The molecule has 2 rings (SSSR count). The van der Waals surface area contributed by atoms with Crippen LogP contribution >= 0.6 is 0 Å². The van der Waals surface area contributed by atoms with E-state index in [1.165, 1.54) is 17.0 Å². The Hall–Kier alpha value is -2.70. The van der Waals surface area contributed by atoms with Crippen LogP contribution in [-0.2, 0) is 4.79 Å². The fraction of sp³-hybridized carbons (Fsp3) is 0.267. The third-order valence-corrected chi connectivity index (χ3v) is 3.21. The highest BCUT2D eigenvalue weighted by atomic mass is 19.1. The smallest absolute Gasteiger partial charge is 0.305 e. The molecule has 0 atom stereocenters. The number of nitrogens with zero attached hydrogens (tertiary/aromatic N) is 2. The molecule has 0 saturated carbocycles. The number of aromatic nitrogens is 2. The minimum atomic E-state index is -0.956. The van der Waals surface area contributed by atoms with Gasteiger partial charge < -0.3 is 10.0 Å². The Morgan fingerprint density at radius 1 is 1.32 bits per heavy atom. The van der Waals surface area contributed by atoms with Crippen molar-refractivity contribution in [3.05, 3.63) is 41.8 Å². The maximum Gasteiger partial charge on any atom is 0.305 e. The van der Waals surface area contributed by atoms with E-state index in [0.29, 0.717) is 17.8 Å². The van der Waals surface area contributed by atoms with E-state index in [1.54, 1.807) is 25.1 Å². The number of hydrogen-bond donors (Lipinski definition) is 2. The van der Waals surface area contributed by atoms with Crippen LogP contribution in [0.4, 0.5) is 4.39 Å². The molecule has 2 aromatic rings. The highest BCUT2D eigenvalue weighted by Gasteiger charge is 2.18. The van der Waals surface area contributed by atoms with Crippen molar-refractivity contribution >= 4 is 11.9 Å². The number of amides is 1. The molecule has 1 aromatic carbocycles. The van der Waals surface area contributed by atoms with Crippen molar-refractivity contribution in [2.75, 3.05) is 13.1 Å². The summed E-state index contributed by atoms with van der Waals surface area (Å²) < 4.78 is 12.9. The zero-order chi connectivity index (χ0) is 16.1. The van der Waals surface area contributed by atoms with E-state index in [1.807, 2.05) is 0 Å². The number of benzene rings is 1. The van der Waals surface area contributed by atoms with E-state index in [2.05, 4.69) is 10.2 Å². The van der Waals surface area contributed by atoms with Crippen molar-refractivity contribution in [2.45, 2.75) is 13.3 Å². The summed E-state index contributed by atoms with van der Waals surface area (Å²) in [4.78, 5) is 24.3. The molecule has 0 unspecified atom stereocenters. The second-order valence-corrected chi connectivity index (χ2v) is 4.70. The summed E-state index contributed by atoms with van der Waals surface area (Å²) in [5.41, 5.74) is 1.48. The van der Waals surface area contributed by atoms with Crippen molar-refractivity contribution < 1.29 is 19.1 Å². The largest absolute Gasteiger partial charge is 0.481 e. The number of aliphatic carboxylic acids is 1. The number of carbonyl (C=O) groups excluding carboxylic acids is 1. The highest BCUT2D eigenvalue weighted by molar-refractivity contribution is 5.93. The molecule has 1 heterocycles. The van der Waals surface area contributed by atoms with Crippen LogP contribution in [0.5, 0.6) is 0 Å². The zero-order valence-corrected chi connectivity index (χ0v) is 12.0. The minimum absolute atomic E-state index is 0.113. The van der Waals surface area contributed by atoms with Gasteiger partial charge in [-0.05, 0) is 37.3 Å². The number of H-pyrrole nitrogens is 1. The Labute approximate surface area is 126 Å². The fourth-order valence-corrected chi connectivity index (χ4v) is 2.00. The Bertz CT molecular complexity index is 667. The van der Waals surface area contributed by atoms with Crippen LogP contribution in [0.15, 0.2) is 30.3 Å². The minimum Gasteiger partial charge on any atom is -0.481 e. The molecule has 6 nitrogen and oxygen atoms in total. The van der Waals surface area contributed by atoms with Gasteiger partial charge in [0.15, 0.2) is 0 Å².